The predicted octanol–water partition coefficient (Wildman–Crippen LogP) is 3.79. The van der Waals surface area contributed by atoms with E-state index in [0.717, 1.165) is 15.8 Å². The number of rotatable bonds is 4. The van der Waals surface area contributed by atoms with Crippen LogP contribution in [0.4, 0.5) is 0 Å². The van der Waals surface area contributed by atoms with E-state index in [4.69, 9.17) is 16.3 Å². The number of nitrogens with zero attached hydrogens (tertiary/aromatic N) is 1. The van der Waals surface area contributed by atoms with Crippen molar-refractivity contribution in [3.05, 3.63) is 35.5 Å². The Morgan fingerprint density at radius 3 is 3.00 bits per heavy atom. The molecule has 0 radical (unpaired) electrons. The van der Waals surface area contributed by atoms with E-state index in [-0.39, 0.29) is 11.9 Å². The first-order chi connectivity index (χ1) is 9.11. The lowest BCUT2D eigenvalue weighted by atomic mass is 10.2. The Morgan fingerprint density at radius 1 is 1.47 bits per heavy atom. The van der Waals surface area contributed by atoms with Crippen molar-refractivity contribution in [3.8, 4) is 0 Å². The second-order valence-electron chi connectivity index (χ2n) is 4.21. The average molecular weight is 296 g/mol. The number of halogens is 1. The van der Waals surface area contributed by atoms with Gasteiger partial charge in [0.25, 0.3) is 0 Å². The molecule has 0 aliphatic carbocycles. The number of carbonyl (C=O) groups is 1. The largest absolute Gasteiger partial charge is 0.469 e. The van der Waals surface area contributed by atoms with Crippen LogP contribution in [0.1, 0.15) is 6.92 Å². The van der Waals surface area contributed by atoms with E-state index >= 15 is 0 Å². The van der Waals surface area contributed by atoms with E-state index in [9.17, 15) is 4.79 Å². The number of aromatic nitrogens is 1. The molecule has 0 amide bonds. The van der Waals surface area contributed by atoms with Gasteiger partial charge >= 0.3 is 5.97 Å². The fourth-order valence-electron chi connectivity index (χ4n) is 1.70. The Morgan fingerprint density at radius 2 is 2.26 bits per heavy atom. The zero-order valence-corrected chi connectivity index (χ0v) is 12.3. The van der Waals surface area contributed by atoms with Crippen LogP contribution in [-0.4, -0.2) is 23.8 Å². The van der Waals surface area contributed by atoms with Gasteiger partial charge in [-0.05, 0) is 18.2 Å². The summed E-state index contributed by atoms with van der Waals surface area (Å²) in [5.74, 6) is 0.355. The molecule has 19 heavy (non-hydrogen) atoms. The number of benzene rings is 1. The zero-order valence-electron chi connectivity index (χ0n) is 10.7. The van der Waals surface area contributed by atoms with Crippen molar-refractivity contribution in [2.75, 3.05) is 12.9 Å². The number of methoxy groups -OCH3 is 1. The van der Waals surface area contributed by atoms with Gasteiger partial charge in [0.15, 0.2) is 0 Å². The van der Waals surface area contributed by atoms with Crippen molar-refractivity contribution in [3.63, 3.8) is 0 Å². The van der Waals surface area contributed by atoms with Crippen molar-refractivity contribution in [2.45, 2.75) is 11.8 Å². The molecule has 0 N–H and O–H groups in total. The molecule has 1 aromatic heterocycles. The number of fused-ring (bicyclic) bond motifs is 1. The van der Waals surface area contributed by atoms with Crippen LogP contribution in [0.3, 0.4) is 0 Å². The van der Waals surface area contributed by atoms with Crippen LogP contribution in [0, 0.1) is 5.92 Å². The molecule has 1 atom stereocenters. The smallest absolute Gasteiger partial charge is 0.309 e. The zero-order chi connectivity index (χ0) is 13.8. The van der Waals surface area contributed by atoms with Gasteiger partial charge in [-0.25, -0.2) is 0 Å². The molecule has 0 aliphatic rings. The van der Waals surface area contributed by atoms with Crippen molar-refractivity contribution in [2.24, 2.45) is 5.92 Å². The number of esters is 1. The van der Waals surface area contributed by atoms with Crippen molar-refractivity contribution >= 4 is 40.2 Å². The molecule has 2 aromatic rings. The fraction of sp³-hybridized carbons (Fsp3) is 0.286. The van der Waals surface area contributed by atoms with Crippen LogP contribution >= 0.6 is 23.4 Å². The van der Waals surface area contributed by atoms with Gasteiger partial charge in [-0.2, -0.15) is 0 Å². The van der Waals surface area contributed by atoms with Crippen molar-refractivity contribution < 1.29 is 9.53 Å². The van der Waals surface area contributed by atoms with Crippen molar-refractivity contribution in [1.82, 2.24) is 4.98 Å². The maximum atomic E-state index is 11.4. The van der Waals surface area contributed by atoms with Gasteiger partial charge in [0.05, 0.1) is 18.5 Å². The fourth-order valence-corrected chi connectivity index (χ4v) is 2.92. The van der Waals surface area contributed by atoms with Gasteiger partial charge in [0.2, 0.25) is 0 Å². The van der Waals surface area contributed by atoms with Gasteiger partial charge in [0.1, 0.15) is 0 Å². The molecule has 0 aliphatic heterocycles. The van der Waals surface area contributed by atoms with Gasteiger partial charge in [-0.3, -0.25) is 9.78 Å². The molecule has 0 saturated carbocycles. The molecule has 2 rings (SSSR count). The highest BCUT2D eigenvalue weighted by Crippen LogP contribution is 2.29. The highest BCUT2D eigenvalue weighted by molar-refractivity contribution is 7.99. The molecule has 0 saturated heterocycles. The van der Waals surface area contributed by atoms with Gasteiger partial charge in [-0.1, -0.05) is 24.6 Å². The number of ether oxygens (including phenoxy) is 1. The van der Waals surface area contributed by atoms with Crippen LogP contribution in [0.15, 0.2) is 35.4 Å². The van der Waals surface area contributed by atoms with Crippen LogP contribution in [0.2, 0.25) is 5.02 Å². The highest BCUT2D eigenvalue weighted by atomic mass is 35.5. The summed E-state index contributed by atoms with van der Waals surface area (Å²) in [6, 6.07) is 7.59. The van der Waals surface area contributed by atoms with Crippen molar-refractivity contribution in [1.29, 1.82) is 0 Å². The molecule has 1 heterocycles. The van der Waals surface area contributed by atoms with Gasteiger partial charge in [-0.15, -0.1) is 11.8 Å². The third-order valence-electron chi connectivity index (χ3n) is 2.76. The third kappa shape index (κ3) is 3.39. The lowest BCUT2D eigenvalue weighted by molar-refractivity contribution is -0.143. The van der Waals surface area contributed by atoms with Crippen LogP contribution in [0.25, 0.3) is 10.9 Å². The van der Waals surface area contributed by atoms with Crippen LogP contribution in [-0.2, 0) is 9.53 Å². The number of thioether (sulfide) groups is 1. The Bertz CT molecular complexity index is 603. The first-order valence-electron chi connectivity index (χ1n) is 5.86. The minimum absolute atomic E-state index is 0.134. The molecule has 100 valence electrons. The number of hydrogen-bond donors (Lipinski definition) is 0. The maximum absolute atomic E-state index is 11.4. The summed E-state index contributed by atoms with van der Waals surface area (Å²) in [6.07, 6.45) is 1.75. The molecule has 3 nitrogen and oxygen atoms in total. The second kappa shape index (κ2) is 6.26. The van der Waals surface area contributed by atoms with Gasteiger partial charge < -0.3 is 4.74 Å². The van der Waals surface area contributed by atoms with E-state index in [0.29, 0.717) is 10.8 Å². The maximum Gasteiger partial charge on any atom is 0.309 e. The second-order valence-corrected chi connectivity index (χ2v) is 5.70. The molecule has 1 aromatic carbocycles. The first-order valence-corrected chi connectivity index (χ1v) is 7.23. The van der Waals surface area contributed by atoms with Gasteiger partial charge in [0, 0.05) is 27.3 Å². The normalized spacial score (nSPS) is 12.4. The molecule has 5 heteroatoms. The molecule has 0 bridgehead atoms. The number of pyridine rings is 1. The molecule has 1 unspecified atom stereocenters. The summed E-state index contributed by atoms with van der Waals surface area (Å²) >= 11 is 7.57. The van der Waals surface area contributed by atoms with Crippen LogP contribution < -0.4 is 0 Å². The van der Waals surface area contributed by atoms with E-state index in [2.05, 4.69) is 4.98 Å². The molecular formula is C14H14ClNO2S. The molecule has 0 fully saturated rings. The highest BCUT2D eigenvalue weighted by Gasteiger charge is 2.14. The average Bonchev–Trinajstić information content (AvgIpc) is 2.43. The topological polar surface area (TPSA) is 39.2 Å². The Labute approximate surface area is 121 Å². The standard InChI is InChI=1S/C14H14ClNO2S/c1-9(14(17)18-2)8-19-13-5-6-16-12-7-10(15)3-4-11(12)13/h3-7,9H,8H2,1-2H3. The van der Waals surface area contributed by atoms with E-state index in [1.807, 2.05) is 31.2 Å². The lowest BCUT2D eigenvalue weighted by Crippen LogP contribution is -2.14. The van der Waals surface area contributed by atoms with E-state index in [1.54, 1.807) is 18.0 Å². The number of hydrogen-bond acceptors (Lipinski definition) is 4. The summed E-state index contributed by atoms with van der Waals surface area (Å²) in [5.41, 5.74) is 0.864. The summed E-state index contributed by atoms with van der Waals surface area (Å²) in [4.78, 5) is 16.8. The number of carbonyl (C=O) groups excluding carboxylic acids is 1. The molecular weight excluding hydrogens is 282 g/mol. The minimum atomic E-state index is -0.186. The first kappa shape index (κ1) is 14.2. The summed E-state index contributed by atoms with van der Waals surface area (Å²) < 4.78 is 4.72. The quantitative estimate of drug-likeness (QED) is 0.635. The predicted molar refractivity (Wildman–Crippen MR) is 78.7 cm³/mol. The monoisotopic (exact) mass is 295 g/mol. The Kier molecular flexibility index (Phi) is 4.66. The van der Waals surface area contributed by atoms with E-state index in [1.165, 1.54) is 7.11 Å². The summed E-state index contributed by atoms with van der Waals surface area (Å²) in [5, 5.41) is 1.72. The molecule has 0 spiro atoms. The minimum Gasteiger partial charge on any atom is -0.469 e. The van der Waals surface area contributed by atoms with E-state index < -0.39 is 0 Å². The SMILES string of the molecule is COC(=O)C(C)CSc1ccnc2cc(Cl)ccc12. The Hall–Kier alpha value is -1.26. The third-order valence-corrected chi connectivity index (χ3v) is 4.33. The summed E-state index contributed by atoms with van der Waals surface area (Å²) in [6.45, 7) is 1.86. The lowest BCUT2D eigenvalue weighted by Gasteiger charge is -2.10. The summed E-state index contributed by atoms with van der Waals surface area (Å²) in [7, 11) is 1.41. The Balaban J connectivity index is 2.19. The van der Waals surface area contributed by atoms with Crippen LogP contribution in [0.5, 0.6) is 0 Å².